The van der Waals surface area contributed by atoms with Crippen molar-refractivity contribution in [3.05, 3.63) is 132 Å². The number of benzene rings is 4. The van der Waals surface area contributed by atoms with Gasteiger partial charge in [0.2, 0.25) is 0 Å². The van der Waals surface area contributed by atoms with Gasteiger partial charge in [0.05, 0.1) is 0 Å². The second-order valence-corrected chi connectivity index (χ2v) is 14.2. The fourth-order valence-corrected chi connectivity index (χ4v) is 7.75. The number of imidazole rings is 2. The molecule has 0 aliphatic rings. The van der Waals surface area contributed by atoms with E-state index in [9.17, 15) is 0 Å². The van der Waals surface area contributed by atoms with Gasteiger partial charge in [0, 0.05) is 0 Å². The maximum atomic E-state index is 4.86. The van der Waals surface area contributed by atoms with Gasteiger partial charge in [0.1, 0.15) is 0 Å². The molecule has 0 fully saturated rings. The first-order chi connectivity index (χ1) is 20.8. The summed E-state index contributed by atoms with van der Waals surface area (Å²) in [4.78, 5) is 9.63. The predicted octanol–water partition coefficient (Wildman–Crippen LogP) is 7.91. The van der Waals surface area contributed by atoms with Gasteiger partial charge < -0.3 is 0 Å². The number of para-hydroxylation sites is 2. The van der Waals surface area contributed by atoms with E-state index in [0.717, 1.165) is 22.5 Å². The zero-order valence-electron chi connectivity index (χ0n) is 25.7. The van der Waals surface area contributed by atoms with Gasteiger partial charge in [-0.2, -0.15) is 0 Å². The van der Waals surface area contributed by atoms with E-state index in [2.05, 4.69) is 148 Å². The molecule has 0 spiro atoms. The Balaban J connectivity index is 1.26. The third-order valence-electron chi connectivity index (χ3n) is 7.96. The second-order valence-electron chi connectivity index (χ2n) is 11.8. The minimum absolute atomic E-state index is 0.152. The Morgan fingerprint density at radius 2 is 1.00 bits per heavy atom. The van der Waals surface area contributed by atoms with Gasteiger partial charge in [0.15, 0.2) is 0 Å². The van der Waals surface area contributed by atoms with Gasteiger partial charge >= 0.3 is 262 Å². The summed E-state index contributed by atoms with van der Waals surface area (Å²) in [5, 5.41) is 0. The molecule has 0 N–H and O–H groups in total. The van der Waals surface area contributed by atoms with Gasteiger partial charge in [-0.15, -0.1) is 0 Å². The monoisotopic (exact) mass is 630 g/mol. The van der Waals surface area contributed by atoms with Crippen LogP contribution in [0.3, 0.4) is 0 Å². The molecule has 0 aliphatic heterocycles. The van der Waals surface area contributed by atoms with Crippen LogP contribution in [0, 0.1) is 13.8 Å². The van der Waals surface area contributed by atoms with E-state index in [1.807, 2.05) is 12.7 Å². The van der Waals surface area contributed by atoms with E-state index in [4.69, 9.17) is 9.97 Å². The molecule has 0 saturated heterocycles. The molecular formula is C38H38N4Se. The van der Waals surface area contributed by atoms with Crippen LogP contribution in [0.2, 0.25) is 0 Å². The van der Waals surface area contributed by atoms with Crippen LogP contribution in [-0.4, -0.2) is 34.1 Å². The summed E-state index contributed by atoms with van der Waals surface area (Å²) in [6.45, 7) is 13.3. The Kier molecular flexibility index (Phi) is 8.21. The summed E-state index contributed by atoms with van der Waals surface area (Å²) in [6.07, 6.45) is 8.23. The first-order valence-electron chi connectivity index (χ1n) is 14.9. The molecule has 43 heavy (non-hydrogen) atoms. The van der Waals surface area contributed by atoms with Crippen LogP contribution >= 0.6 is 0 Å². The van der Waals surface area contributed by atoms with Gasteiger partial charge in [-0.3, -0.25) is 0 Å². The quantitative estimate of drug-likeness (QED) is 0.161. The number of aryl methyl sites for hydroxylation is 2. The minimum atomic E-state index is 0.152. The summed E-state index contributed by atoms with van der Waals surface area (Å²) in [5.41, 5.74) is 11.9. The van der Waals surface area contributed by atoms with Crippen LogP contribution in [-0.2, 0) is 0 Å². The van der Waals surface area contributed by atoms with Crippen LogP contribution in [0.4, 0.5) is 0 Å². The van der Waals surface area contributed by atoms with Crippen LogP contribution in [0.1, 0.15) is 61.8 Å². The molecule has 0 amide bonds. The first-order valence-corrected chi connectivity index (χ1v) is 16.7. The molecule has 0 aliphatic carbocycles. The Morgan fingerprint density at radius 3 is 1.49 bits per heavy atom. The van der Waals surface area contributed by atoms with Crippen molar-refractivity contribution in [1.82, 2.24) is 19.1 Å². The van der Waals surface area contributed by atoms with E-state index in [0.29, 0.717) is 11.8 Å². The van der Waals surface area contributed by atoms with Crippen LogP contribution < -0.4 is 8.92 Å². The van der Waals surface area contributed by atoms with E-state index < -0.39 is 0 Å². The topological polar surface area (TPSA) is 35.6 Å². The van der Waals surface area contributed by atoms with E-state index in [-0.39, 0.29) is 15.0 Å². The molecular weight excluding hydrogens is 591 g/mol. The fraction of sp³-hybridized carbons (Fsp3) is 0.211. The Labute approximate surface area is 261 Å². The number of rotatable bonds is 8. The van der Waals surface area contributed by atoms with E-state index in [1.165, 1.54) is 42.6 Å². The molecule has 0 radical (unpaired) electrons. The molecule has 4 aromatic carbocycles. The van der Waals surface area contributed by atoms with Crippen LogP contribution in [0.15, 0.2) is 110 Å². The van der Waals surface area contributed by atoms with Gasteiger partial charge in [0.25, 0.3) is 0 Å². The molecule has 2 aromatic heterocycles. The predicted molar refractivity (Wildman–Crippen MR) is 181 cm³/mol. The van der Waals surface area contributed by atoms with Crippen molar-refractivity contribution in [2.24, 2.45) is 0 Å². The van der Waals surface area contributed by atoms with Gasteiger partial charge in [-0.05, 0) is 0 Å². The molecule has 6 aromatic rings. The van der Waals surface area contributed by atoms with Crippen molar-refractivity contribution in [2.75, 3.05) is 0 Å². The standard InChI is InChI=1S/C38H38N4Se/c1-25(2)33-17-10-18-34(26(3)4)38(33)42-22-36(40-24-42)30-14-9-16-32(20-30)43-31-15-8-13-29(19-31)35-21-41(23-39-35)37-27(5)11-7-12-28(37)6/h7-26H,1-6H3. The molecule has 0 bridgehead atoms. The molecule has 0 saturated carbocycles. The normalized spacial score (nSPS) is 11.5. The number of hydrogen-bond acceptors (Lipinski definition) is 2. The summed E-state index contributed by atoms with van der Waals surface area (Å²) in [6, 6.07) is 30.7. The van der Waals surface area contributed by atoms with Crippen LogP contribution in [0.25, 0.3) is 33.9 Å². The Bertz CT molecular complexity index is 1850. The van der Waals surface area contributed by atoms with Crippen molar-refractivity contribution in [2.45, 2.75) is 53.4 Å². The zero-order chi connectivity index (χ0) is 30.1. The molecule has 5 heteroatoms. The zero-order valence-corrected chi connectivity index (χ0v) is 27.5. The SMILES string of the molecule is Cc1cccc(C)c1-n1cnc(-c2cccc([Se]c3cccc(-c4cn(-c5c(C(C)C)cccc5C(C)C)cn4)c3)c2)c1. The first kappa shape index (κ1) is 28.9. The maximum absolute atomic E-state index is 4.86. The summed E-state index contributed by atoms with van der Waals surface area (Å²) in [5.74, 6) is 0.864. The van der Waals surface area contributed by atoms with Crippen molar-refractivity contribution in [1.29, 1.82) is 0 Å². The van der Waals surface area contributed by atoms with Crippen LogP contribution in [0.5, 0.6) is 0 Å². The summed E-state index contributed by atoms with van der Waals surface area (Å²) >= 11 is 0.152. The molecule has 6 rings (SSSR count). The average molecular weight is 630 g/mol. The second kappa shape index (κ2) is 12.2. The van der Waals surface area contributed by atoms with E-state index >= 15 is 0 Å². The summed E-state index contributed by atoms with van der Waals surface area (Å²) < 4.78 is 7.01. The van der Waals surface area contributed by atoms with Gasteiger partial charge in [-0.25, -0.2) is 0 Å². The fourth-order valence-electron chi connectivity index (χ4n) is 5.79. The van der Waals surface area contributed by atoms with Crippen molar-refractivity contribution in [3.63, 3.8) is 0 Å². The molecule has 0 atom stereocenters. The molecule has 2 heterocycles. The third kappa shape index (κ3) is 6.01. The summed E-state index contributed by atoms with van der Waals surface area (Å²) in [7, 11) is 0. The molecule has 4 nitrogen and oxygen atoms in total. The number of aromatic nitrogens is 4. The van der Waals surface area contributed by atoms with Crippen molar-refractivity contribution in [3.8, 4) is 33.9 Å². The molecule has 0 unspecified atom stereocenters. The molecule has 216 valence electrons. The van der Waals surface area contributed by atoms with Crippen molar-refractivity contribution < 1.29 is 0 Å². The van der Waals surface area contributed by atoms with Gasteiger partial charge in [-0.1, -0.05) is 0 Å². The van der Waals surface area contributed by atoms with Crippen molar-refractivity contribution >= 4 is 23.9 Å². The average Bonchev–Trinajstić information content (AvgIpc) is 3.68. The Morgan fingerprint density at radius 1 is 0.558 bits per heavy atom. The third-order valence-corrected chi connectivity index (χ3v) is 10.0. The van der Waals surface area contributed by atoms with E-state index in [1.54, 1.807) is 0 Å². The Hall–Kier alpha value is -4.18. The number of nitrogens with zero attached hydrogens (tertiary/aromatic N) is 4. The number of hydrogen-bond donors (Lipinski definition) is 0.